The minimum absolute atomic E-state index is 0.180. The minimum Gasteiger partial charge on any atom is -0.493 e. The number of aliphatic hydroxyl groups is 4. The summed E-state index contributed by atoms with van der Waals surface area (Å²) in [5.74, 6) is -0.444. The van der Waals surface area contributed by atoms with Crippen LogP contribution in [0.4, 0.5) is 0 Å². The van der Waals surface area contributed by atoms with Crippen LogP contribution in [0.2, 0.25) is 0 Å². The van der Waals surface area contributed by atoms with Gasteiger partial charge in [-0.3, -0.25) is 0 Å². The molecule has 216 valence electrons. The number of hydrogen-bond donors (Lipinski definition) is 5. The average molecular weight is 552 g/mol. The van der Waals surface area contributed by atoms with E-state index >= 15 is 0 Å². The Morgan fingerprint density at radius 3 is 2.46 bits per heavy atom. The molecule has 1 fully saturated rings. The van der Waals surface area contributed by atoms with Gasteiger partial charge in [0.15, 0.2) is 17.8 Å². The smallest absolute Gasteiger partial charge is 0.337 e. The summed E-state index contributed by atoms with van der Waals surface area (Å²) in [6, 6.07) is 3.70. The largest absolute Gasteiger partial charge is 0.493 e. The number of rotatable bonds is 9. The molecule has 1 aromatic carbocycles. The standard InChI is InChI=1S/C27H37NO11/c1-5-14-16(9-18-15-10-20(35-3)19(34-2)8-13(15)6-7-28-18)17(25(33)36-4)12-37-26(14)39-27-24(32)23(31)22(30)21(11-29)38-27/h5,8,10,12,14,16,18,21-24,26-32H,1,6-7,9,11H2,2-4H3/t14-,16+,18+,21-,22-,23+,24-,26?,27+/m1/s1. The first-order valence-corrected chi connectivity index (χ1v) is 12.8. The number of fused-ring (bicyclic) bond motifs is 1. The summed E-state index contributed by atoms with van der Waals surface area (Å²) in [5, 5.41) is 43.8. The van der Waals surface area contributed by atoms with Crippen LogP contribution in [0.3, 0.4) is 0 Å². The second-order valence-electron chi connectivity index (χ2n) is 9.72. The summed E-state index contributed by atoms with van der Waals surface area (Å²) in [5.41, 5.74) is 2.38. The number of benzene rings is 1. The van der Waals surface area contributed by atoms with Gasteiger partial charge in [-0.1, -0.05) is 6.08 Å². The van der Waals surface area contributed by atoms with E-state index in [0.29, 0.717) is 24.5 Å². The van der Waals surface area contributed by atoms with Gasteiger partial charge in [0, 0.05) is 17.9 Å². The Labute approximate surface area is 226 Å². The van der Waals surface area contributed by atoms with Crippen LogP contribution in [0.25, 0.3) is 0 Å². The van der Waals surface area contributed by atoms with Gasteiger partial charge in [0.05, 0.1) is 39.8 Å². The highest BCUT2D eigenvalue weighted by atomic mass is 16.8. The Morgan fingerprint density at radius 2 is 1.82 bits per heavy atom. The van der Waals surface area contributed by atoms with Crippen LogP contribution in [-0.4, -0.2) is 97.9 Å². The fraction of sp³-hybridized carbons (Fsp3) is 0.593. The van der Waals surface area contributed by atoms with Crippen molar-refractivity contribution in [2.45, 2.75) is 55.9 Å². The third-order valence-electron chi connectivity index (χ3n) is 7.61. The van der Waals surface area contributed by atoms with Crippen molar-refractivity contribution in [2.75, 3.05) is 34.5 Å². The zero-order valence-electron chi connectivity index (χ0n) is 22.2. The summed E-state index contributed by atoms with van der Waals surface area (Å²) < 4.78 is 33.2. The predicted molar refractivity (Wildman–Crippen MR) is 136 cm³/mol. The summed E-state index contributed by atoms with van der Waals surface area (Å²) in [6.45, 7) is 4.04. The number of nitrogens with one attached hydrogen (secondary N) is 1. The maximum atomic E-state index is 12.8. The number of carbonyl (C=O) groups is 1. The summed E-state index contributed by atoms with van der Waals surface area (Å²) in [4.78, 5) is 12.8. The highest BCUT2D eigenvalue weighted by molar-refractivity contribution is 5.89. The molecule has 12 nitrogen and oxygen atoms in total. The van der Waals surface area contributed by atoms with Crippen molar-refractivity contribution in [2.24, 2.45) is 11.8 Å². The van der Waals surface area contributed by atoms with Crippen LogP contribution in [0.15, 0.2) is 36.6 Å². The van der Waals surface area contributed by atoms with Gasteiger partial charge in [0.1, 0.15) is 24.4 Å². The SMILES string of the molecule is C=C[C@H]1C(O[C@@H]2O[C@H](CO)[C@@H](O)[C@H](O)[C@H]2O)OC=C(C(=O)OC)[C@H]1C[C@@H]1NCCc2cc(OC)c(OC)cc21. The van der Waals surface area contributed by atoms with E-state index in [0.717, 1.165) is 17.5 Å². The molecule has 1 aromatic rings. The number of esters is 1. The third kappa shape index (κ3) is 5.78. The van der Waals surface area contributed by atoms with Crippen molar-refractivity contribution in [1.82, 2.24) is 5.32 Å². The zero-order chi connectivity index (χ0) is 28.3. The van der Waals surface area contributed by atoms with Crippen molar-refractivity contribution in [1.29, 1.82) is 0 Å². The van der Waals surface area contributed by atoms with E-state index in [4.69, 9.17) is 28.4 Å². The average Bonchev–Trinajstić information content (AvgIpc) is 2.96. The van der Waals surface area contributed by atoms with E-state index in [1.165, 1.54) is 13.4 Å². The molecule has 0 amide bonds. The van der Waals surface area contributed by atoms with Gasteiger partial charge in [0.25, 0.3) is 0 Å². The molecule has 3 aliphatic heterocycles. The molecule has 0 radical (unpaired) electrons. The van der Waals surface area contributed by atoms with Crippen LogP contribution in [0, 0.1) is 11.8 Å². The number of hydrogen-bond acceptors (Lipinski definition) is 12. The predicted octanol–water partition coefficient (Wildman–Crippen LogP) is -0.0712. The highest BCUT2D eigenvalue weighted by Crippen LogP contribution is 2.43. The molecular weight excluding hydrogens is 514 g/mol. The molecule has 4 rings (SSSR count). The lowest BCUT2D eigenvalue weighted by Gasteiger charge is -2.43. The van der Waals surface area contributed by atoms with Crippen molar-refractivity contribution in [3.8, 4) is 11.5 Å². The van der Waals surface area contributed by atoms with E-state index in [2.05, 4.69) is 11.9 Å². The van der Waals surface area contributed by atoms with Crippen LogP contribution in [0.5, 0.6) is 11.5 Å². The molecule has 0 aromatic heterocycles. The Morgan fingerprint density at radius 1 is 1.10 bits per heavy atom. The third-order valence-corrected chi connectivity index (χ3v) is 7.61. The normalized spacial score (nSPS) is 34.2. The van der Waals surface area contributed by atoms with E-state index in [9.17, 15) is 25.2 Å². The van der Waals surface area contributed by atoms with Crippen molar-refractivity contribution >= 4 is 5.97 Å². The molecule has 12 heteroatoms. The fourth-order valence-corrected chi connectivity index (χ4v) is 5.46. The van der Waals surface area contributed by atoms with Gasteiger partial charge in [-0.05, 0) is 42.6 Å². The lowest BCUT2D eigenvalue weighted by molar-refractivity contribution is -0.339. The van der Waals surface area contributed by atoms with E-state index < -0.39 is 61.4 Å². The Hall–Kier alpha value is -2.71. The summed E-state index contributed by atoms with van der Waals surface area (Å²) in [6.07, 6.45) is -4.33. The van der Waals surface area contributed by atoms with Gasteiger partial charge < -0.3 is 54.2 Å². The molecule has 0 bridgehead atoms. The van der Waals surface area contributed by atoms with Crippen molar-refractivity contribution < 1.29 is 53.6 Å². The van der Waals surface area contributed by atoms with Crippen molar-refractivity contribution in [3.63, 3.8) is 0 Å². The molecule has 3 aliphatic rings. The Kier molecular flexibility index (Phi) is 9.49. The van der Waals surface area contributed by atoms with Crippen LogP contribution in [-0.2, 0) is 30.2 Å². The van der Waals surface area contributed by atoms with Crippen molar-refractivity contribution in [3.05, 3.63) is 47.7 Å². The molecule has 0 saturated carbocycles. The maximum absolute atomic E-state index is 12.8. The van der Waals surface area contributed by atoms with Crippen LogP contribution >= 0.6 is 0 Å². The molecule has 9 atom stereocenters. The van der Waals surface area contributed by atoms with Gasteiger partial charge in [-0.15, -0.1) is 6.58 Å². The van der Waals surface area contributed by atoms with Crippen LogP contribution < -0.4 is 14.8 Å². The molecule has 5 N–H and O–H groups in total. The van der Waals surface area contributed by atoms with E-state index in [1.807, 2.05) is 12.1 Å². The molecule has 3 heterocycles. The second kappa shape index (κ2) is 12.6. The monoisotopic (exact) mass is 551 g/mol. The lowest BCUT2D eigenvalue weighted by Crippen LogP contribution is -2.60. The zero-order valence-corrected chi connectivity index (χ0v) is 22.2. The molecule has 0 aliphatic carbocycles. The van der Waals surface area contributed by atoms with Gasteiger partial charge >= 0.3 is 5.97 Å². The molecule has 1 saturated heterocycles. The Balaban J connectivity index is 1.63. The van der Waals surface area contributed by atoms with Gasteiger partial charge in [-0.2, -0.15) is 0 Å². The minimum atomic E-state index is -1.62. The highest BCUT2D eigenvalue weighted by Gasteiger charge is 2.48. The fourth-order valence-electron chi connectivity index (χ4n) is 5.46. The maximum Gasteiger partial charge on any atom is 0.337 e. The topological polar surface area (TPSA) is 165 Å². The first-order chi connectivity index (χ1) is 18.8. The number of methoxy groups -OCH3 is 3. The molecular formula is C27H37NO11. The van der Waals surface area contributed by atoms with Gasteiger partial charge in [-0.25, -0.2) is 4.79 Å². The van der Waals surface area contributed by atoms with Gasteiger partial charge in [0.2, 0.25) is 6.29 Å². The molecule has 1 unspecified atom stereocenters. The number of carbonyl (C=O) groups excluding carboxylic acids is 1. The molecule has 0 spiro atoms. The number of ether oxygens (including phenoxy) is 6. The lowest BCUT2D eigenvalue weighted by atomic mass is 9.77. The van der Waals surface area contributed by atoms with E-state index in [1.54, 1.807) is 20.3 Å². The first kappa shape index (κ1) is 29.3. The summed E-state index contributed by atoms with van der Waals surface area (Å²) in [7, 11) is 4.44. The number of aliphatic hydroxyl groups excluding tert-OH is 4. The Bertz CT molecular complexity index is 1060. The summed E-state index contributed by atoms with van der Waals surface area (Å²) >= 11 is 0. The first-order valence-electron chi connectivity index (χ1n) is 12.8. The second-order valence-corrected chi connectivity index (χ2v) is 9.72. The van der Waals surface area contributed by atoms with Crippen LogP contribution in [0.1, 0.15) is 23.6 Å². The molecule has 39 heavy (non-hydrogen) atoms. The quantitative estimate of drug-likeness (QED) is 0.205. The van der Waals surface area contributed by atoms with E-state index in [-0.39, 0.29) is 11.6 Å².